The molecule has 0 unspecified atom stereocenters. The van der Waals surface area contributed by atoms with Crippen LogP contribution in [0, 0.1) is 0 Å². The molecule has 6 heteroatoms. The zero-order chi connectivity index (χ0) is 34.4. The number of aromatic nitrogens is 4. The average molecular weight is 685 g/mol. The zero-order valence-corrected chi connectivity index (χ0v) is 28.6. The molecule has 3 heterocycles. The average Bonchev–Trinajstić information content (AvgIpc) is 3.84. The molecule has 0 spiro atoms. The number of thiazole rings is 1. The number of furan rings is 1. The summed E-state index contributed by atoms with van der Waals surface area (Å²) >= 11 is 1.69. The van der Waals surface area contributed by atoms with Crippen molar-refractivity contribution in [2.75, 3.05) is 0 Å². The summed E-state index contributed by atoms with van der Waals surface area (Å²) in [6, 6.07) is 58.1. The van der Waals surface area contributed by atoms with E-state index in [2.05, 4.69) is 109 Å². The Kier molecular flexibility index (Phi) is 7.25. The normalized spacial score (nSPS) is 11.5. The summed E-state index contributed by atoms with van der Waals surface area (Å²) < 4.78 is 7.75. The number of nitrogens with zero attached hydrogens (tertiary/aromatic N) is 4. The third-order valence-electron chi connectivity index (χ3n) is 9.42. The molecule has 244 valence electrons. The van der Waals surface area contributed by atoms with Gasteiger partial charge in [-0.3, -0.25) is 0 Å². The van der Waals surface area contributed by atoms with Crippen molar-refractivity contribution in [2.45, 2.75) is 0 Å². The number of benzene rings is 7. The van der Waals surface area contributed by atoms with Crippen molar-refractivity contribution in [1.29, 1.82) is 0 Å². The van der Waals surface area contributed by atoms with Gasteiger partial charge in [0.05, 0.1) is 21.2 Å². The van der Waals surface area contributed by atoms with Crippen molar-refractivity contribution in [3.05, 3.63) is 170 Å². The molecule has 0 bridgehead atoms. The first-order valence-electron chi connectivity index (χ1n) is 17.1. The smallest absolute Gasteiger partial charge is 0.167 e. The van der Waals surface area contributed by atoms with Crippen LogP contribution >= 0.6 is 11.3 Å². The summed E-state index contributed by atoms with van der Waals surface area (Å²) in [6.07, 6.45) is 0. The van der Waals surface area contributed by atoms with Crippen molar-refractivity contribution in [3.63, 3.8) is 0 Å². The van der Waals surface area contributed by atoms with Gasteiger partial charge in [-0.05, 0) is 40.5 Å². The van der Waals surface area contributed by atoms with Gasteiger partial charge in [0.15, 0.2) is 17.5 Å². The first-order valence-corrected chi connectivity index (χ1v) is 18.0. The molecule has 0 aliphatic heterocycles. The topological polar surface area (TPSA) is 64.7 Å². The van der Waals surface area contributed by atoms with Crippen LogP contribution in [0.1, 0.15) is 0 Å². The first-order chi connectivity index (χ1) is 25.7. The highest BCUT2D eigenvalue weighted by Gasteiger charge is 2.20. The first kappa shape index (κ1) is 30.1. The fourth-order valence-electron chi connectivity index (χ4n) is 6.79. The maximum Gasteiger partial charge on any atom is 0.167 e. The zero-order valence-electron chi connectivity index (χ0n) is 27.8. The van der Waals surface area contributed by atoms with Crippen molar-refractivity contribution >= 4 is 43.5 Å². The maximum atomic E-state index is 6.65. The van der Waals surface area contributed by atoms with Gasteiger partial charge in [0, 0.05) is 22.1 Å². The van der Waals surface area contributed by atoms with Gasteiger partial charge in [0.1, 0.15) is 16.2 Å². The van der Waals surface area contributed by atoms with E-state index in [0.29, 0.717) is 17.5 Å². The minimum Gasteiger partial charge on any atom is -0.455 e. The van der Waals surface area contributed by atoms with E-state index in [1.54, 1.807) is 11.3 Å². The van der Waals surface area contributed by atoms with E-state index in [9.17, 15) is 0 Å². The number of rotatable bonds is 6. The van der Waals surface area contributed by atoms with Gasteiger partial charge in [0.25, 0.3) is 0 Å². The van der Waals surface area contributed by atoms with E-state index in [4.69, 9.17) is 24.4 Å². The Morgan fingerprint density at radius 1 is 0.385 bits per heavy atom. The largest absolute Gasteiger partial charge is 0.455 e. The van der Waals surface area contributed by atoms with Crippen molar-refractivity contribution in [1.82, 2.24) is 19.9 Å². The lowest BCUT2D eigenvalue weighted by Gasteiger charge is -2.09. The molecule has 0 atom stereocenters. The van der Waals surface area contributed by atoms with Crippen LogP contribution in [-0.4, -0.2) is 19.9 Å². The quantitative estimate of drug-likeness (QED) is 0.174. The lowest BCUT2D eigenvalue weighted by molar-refractivity contribution is 0.670. The molecular formula is C46H28N4OS. The fraction of sp³-hybridized carbons (Fsp3) is 0. The molecule has 10 aromatic rings. The van der Waals surface area contributed by atoms with Gasteiger partial charge < -0.3 is 4.42 Å². The van der Waals surface area contributed by atoms with Crippen LogP contribution in [-0.2, 0) is 0 Å². The van der Waals surface area contributed by atoms with Gasteiger partial charge in [-0.1, -0.05) is 152 Å². The predicted molar refractivity (Wildman–Crippen MR) is 213 cm³/mol. The van der Waals surface area contributed by atoms with E-state index in [0.717, 1.165) is 70.5 Å². The molecule has 0 amide bonds. The minimum atomic E-state index is 0.550. The number of hydrogen-bond donors (Lipinski definition) is 0. The third kappa shape index (κ3) is 5.34. The van der Waals surface area contributed by atoms with E-state index in [-0.39, 0.29) is 0 Å². The van der Waals surface area contributed by atoms with Crippen molar-refractivity contribution < 1.29 is 4.42 Å². The maximum absolute atomic E-state index is 6.65. The van der Waals surface area contributed by atoms with Gasteiger partial charge in [0.2, 0.25) is 0 Å². The molecule has 10 rings (SSSR count). The molecule has 0 fully saturated rings. The van der Waals surface area contributed by atoms with Crippen LogP contribution in [0.15, 0.2) is 174 Å². The Morgan fingerprint density at radius 3 is 1.50 bits per heavy atom. The fourth-order valence-corrected chi connectivity index (χ4v) is 7.77. The van der Waals surface area contributed by atoms with Crippen LogP contribution in [0.5, 0.6) is 0 Å². The molecule has 0 aliphatic carbocycles. The molecule has 5 nitrogen and oxygen atoms in total. The highest BCUT2D eigenvalue weighted by atomic mass is 32.1. The summed E-state index contributed by atoms with van der Waals surface area (Å²) in [5.41, 5.74) is 10.8. The number of hydrogen-bond acceptors (Lipinski definition) is 6. The highest BCUT2D eigenvalue weighted by Crippen LogP contribution is 2.42. The van der Waals surface area contributed by atoms with E-state index >= 15 is 0 Å². The van der Waals surface area contributed by atoms with Crippen molar-refractivity contribution in [3.8, 4) is 67.0 Å². The van der Waals surface area contributed by atoms with Gasteiger partial charge >= 0.3 is 0 Å². The van der Waals surface area contributed by atoms with Crippen LogP contribution in [0.2, 0.25) is 0 Å². The second-order valence-electron chi connectivity index (χ2n) is 12.6. The number of fused-ring (bicyclic) bond motifs is 5. The van der Waals surface area contributed by atoms with Gasteiger partial charge in [-0.15, -0.1) is 11.3 Å². The lowest BCUT2D eigenvalue weighted by atomic mass is 10.0. The second-order valence-corrected chi connectivity index (χ2v) is 13.7. The van der Waals surface area contributed by atoms with E-state index in [1.165, 1.54) is 11.1 Å². The van der Waals surface area contributed by atoms with E-state index < -0.39 is 0 Å². The molecular weight excluding hydrogens is 657 g/mol. The summed E-state index contributed by atoms with van der Waals surface area (Å²) in [5, 5.41) is 2.94. The van der Waals surface area contributed by atoms with Crippen LogP contribution in [0.3, 0.4) is 0 Å². The highest BCUT2D eigenvalue weighted by molar-refractivity contribution is 7.21. The van der Waals surface area contributed by atoms with Gasteiger partial charge in [-0.25, -0.2) is 19.9 Å². The summed E-state index contributed by atoms with van der Waals surface area (Å²) in [7, 11) is 0. The molecule has 0 saturated carbocycles. The summed E-state index contributed by atoms with van der Waals surface area (Å²) in [6.45, 7) is 0. The van der Waals surface area contributed by atoms with Crippen LogP contribution in [0.25, 0.3) is 99.1 Å². The second kappa shape index (κ2) is 12.5. The van der Waals surface area contributed by atoms with Crippen molar-refractivity contribution in [2.24, 2.45) is 0 Å². The van der Waals surface area contributed by atoms with E-state index in [1.807, 2.05) is 60.7 Å². The Labute approximate surface area is 303 Å². The molecule has 3 aromatic heterocycles. The Morgan fingerprint density at radius 2 is 0.885 bits per heavy atom. The monoisotopic (exact) mass is 684 g/mol. The summed E-state index contributed by atoms with van der Waals surface area (Å²) in [5.74, 6) is 1.75. The molecule has 7 aromatic carbocycles. The standard InChI is InChI=1S/C46H28N4OS/c1-4-11-29(12-5-1)31-19-23-34(24-20-31)44-48-43(33-15-8-3-9-16-33)49-45(50-44)37-18-10-17-36-40-38(51-42(36)37)27-28-39-41(40)47-46(52-39)35-25-21-32(22-26-35)30-13-6-2-7-14-30/h1-28H. The number of para-hydroxylation sites is 1. The summed E-state index contributed by atoms with van der Waals surface area (Å²) in [4.78, 5) is 20.2. The third-order valence-corrected chi connectivity index (χ3v) is 10.5. The Hall–Kier alpha value is -6.76. The van der Waals surface area contributed by atoms with Crippen LogP contribution in [0.4, 0.5) is 0 Å². The molecule has 52 heavy (non-hydrogen) atoms. The van der Waals surface area contributed by atoms with Crippen LogP contribution < -0.4 is 0 Å². The van der Waals surface area contributed by atoms with Gasteiger partial charge in [-0.2, -0.15) is 0 Å². The minimum absolute atomic E-state index is 0.550. The Bertz CT molecular complexity index is 2870. The molecule has 0 N–H and O–H groups in total. The predicted octanol–water partition coefficient (Wildman–Crippen LogP) is 12.4. The molecule has 0 aliphatic rings. The molecule has 0 radical (unpaired) electrons. The lowest BCUT2D eigenvalue weighted by Crippen LogP contribution is -2.00. The Balaban J connectivity index is 1.09. The molecule has 0 saturated heterocycles. The SMILES string of the molecule is c1ccc(-c2ccc(-c3nc(-c4ccccc4)nc(-c4cccc5c4oc4ccc6sc(-c7ccc(-c8ccccc8)cc7)nc6c45)n3)cc2)cc1.